The fourth-order valence-electron chi connectivity index (χ4n) is 8.97. The van der Waals surface area contributed by atoms with Crippen molar-refractivity contribution in [1.29, 1.82) is 0 Å². The van der Waals surface area contributed by atoms with E-state index in [1.165, 1.54) is 70.9 Å². The van der Waals surface area contributed by atoms with E-state index in [2.05, 4.69) is 38.2 Å². The third-order valence-electron chi connectivity index (χ3n) is 10.8. The van der Waals surface area contributed by atoms with Crippen molar-refractivity contribution in [3.8, 4) is 0 Å². The van der Waals surface area contributed by atoms with Crippen LogP contribution in [-0.4, -0.2) is 18.9 Å². The van der Waals surface area contributed by atoms with Crippen LogP contribution in [0, 0.1) is 52.3 Å². The Morgan fingerprint density at radius 2 is 1.66 bits per heavy atom. The van der Waals surface area contributed by atoms with Crippen molar-refractivity contribution in [2.24, 2.45) is 52.3 Å². The minimum Gasteiger partial charge on any atom is -0.317 e. The first-order valence-electron chi connectivity index (χ1n) is 12.8. The molecule has 1 heterocycles. The Labute approximate surface area is 178 Å². The number of carbonyl (C=O) groups excluding carboxylic acids is 1. The van der Waals surface area contributed by atoms with Gasteiger partial charge in [0.05, 0.1) is 0 Å². The first-order valence-corrected chi connectivity index (χ1v) is 12.8. The Balaban J connectivity index is 1.31. The van der Waals surface area contributed by atoms with Gasteiger partial charge in [0.25, 0.3) is 0 Å². The van der Waals surface area contributed by atoms with Gasteiger partial charge >= 0.3 is 0 Å². The lowest BCUT2D eigenvalue weighted by molar-refractivity contribution is -0.148. The summed E-state index contributed by atoms with van der Waals surface area (Å²) in [6.07, 6.45) is 18.0. The van der Waals surface area contributed by atoms with Crippen molar-refractivity contribution in [3.63, 3.8) is 0 Å². The predicted molar refractivity (Wildman–Crippen MR) is 120 cm³/mol. The maximum absolute atomic E-state index is 12.7. The number of carbonyl (C=O) groups is 1. The van der Waals surface area contributed by atoms with E-state index in [0.29, 0.717) is 17.1 Å². The van der Waals surface area contributed by atoms with Crippen LogP contribution in [0.15, 0.2) is 12.2 Å². The number of fused-ring (bicyclic) bond motifs is 5. The molecule has 0 spiro atoms. The number of allylic oxidation sites excluding steroid dienone is 2. The van der Waals surface area contributed by atoms with Gasteiger partial charge in [-0.25, -0.2) is 0 Å². The van der Waals surface area contributed by atoms with Crippen LogP contribution in [0.5, 0.6) is 0 Å². The van der Waals surface area contributed by atoms with Crippen molar-refractivity contribution < 1.29 is 4.79 Å². The summed E-state index contributed by atoms with van der Waals surface area (Å²) in [7, 11) is 0. The summed E-state index contributed by atoms with van der Waals surface area (Å²) in [6, 6.07) is 0. The first-order chi connectivity index (χ1) is 13.9. The molecule has 162 valence electrons. The zero-order valence-corrected chi connectivity index (χ0v) is 19.1. The molecule has 0 aromatic heterocycles. The lowest BCUT2D eigenvalue weighted by Gasteiger charge is -2.62. The maximum atomic E-state index is 12.7. The number of hydrogen-bond acceptors (Lipinski definition) is 2. The highest BCUT2D eigenvalue weighted by Gasteiger charge is 2.61. The number of ketones is 1. The predicted octanol–water partition coefficient (Wildman–Crippen LogP) is 6.02. The van der Waals surface area contributed by atoms with Gasteiger partial charge in [-0.2, -0.15) is 0 Å². The molecule has 1 saturated heterocycles. The van der Waals surface area contributed by atoms with Crippen molar-refractivity contribution in [2.45, 2.75) is 85.0 Å². The van der Waals surface area contributed by atoms with Crippen LogP contribution in [0.25, 0.3) is 0 Å². The van der Waals surface area contributed by atoms with Gasteiger partial charge in [-0.15, -0.1) is 0 Å². The maximum Gasteiger partial charge on any atom is 0.139 e. The largest absolute Gasteiger partial charge is 0.317 e. The van der Waals surface area contributed by atoms with Crippen LogP contribution in [0.1, 0.15) is 85.0 Å². The van der Waals surface area contributed by atoms with Crippen LogP contribution in [0.3, 0.4) is 0 Å². The first kappa shape index (κ1) is 20.3. The van der Waals surface area contributed by atoms with E-state index >= 15 is 0 Å². The second kappa shape index (κ2) is 7.50. The average molecular weight is 398 g/mol. The summed E-state index contributed by atoms with van der Waals surface area (Å²) < 4.78 is 0. The molecule has 5 rings (SSSR count). The monoisotopic (exact) mass is 397 g/mol. The molecule has 4 saturated carbocycles. The highest BCUT2D eigenvalue weighted by atomic mass is 16.1. The van der Waals surface area contributed by atoms with Crippen LogP contribution in [-0.2, 0) is 4.79 Å². The highest BCUT2D eigenvalue weighted by molar-refractivity contribution is 5.87. The zero-order valence-electron chi connectivity index (χ0n) is 19.1. The van der Waals surface area contributed by atoms with Crippen molar-refractivity contribution in [3.05, 3.63) is 12.2 Å². The summed E-state index contributed by atoms with van der Waals surface area (Å²) >= 11 is 0. The molecule has 5 fully saturated rings. The van der Waals surface area contributed by atoms with E-state index in [4.69, 9.17) is 0 Å². The zero-order chi connectivity index (χ0) is 20.2. The molecular formula is C27H43NO. The van der Waals surface area contributed by atoms with Gasteiger partial charge in [-0.1, -0.05) is 32.9 Å². The summed E-state index contributed by atoms with van der Waals surface area (Å²) in [5, 5.41) is 3.49. The van der Waals surface area contributed by atoms with Gasteiger partial charge in [0.15, 0.2) is 0 Å². The second-order valence-corrected chi connectivity index (χ2v) is 12.1. The molecule has 0 aromatic carbocycles. The molecular weight excluding hydrogens is 354 g/mol. The fraction of sp³-hybridized carbons (Fsp3) is 0.889. The lowest BCUT2D eigenvalue weighted by atomic mass is 9.42. The third kappa shape index (κ3) is 3.27. The Hall–Kier alpha value is -0.630. The summed E-state index contributed by atoms with van der Waals surface area (Å²) in [6.45, 7) is 9.92. The summed E-state index contributed by atoms with van der Waals surface area (Å²) in [5.74, 6) is 6.28. The van der Waals surface area contributed by atoms with Crippen molar-refractivity contribution >= 4 is 5.78 Å². The number of rotatable bonds is 2. The molecule has 0 aromatic rings. The molecule has 1 N–H and O–H groups in total. The lowest BCUT2D eigenvalue weighted by Crippen LogP contribution is -2.56. The van der Waals surface area contributed by atoms with Crippen molar-refractivity contribution in [2.75, 3.05) is 13.1 Å². The number of nitrogens with one attached hydrogen (secondary N) is 1. The van der Waals surface area contributed by atoms with E-state index in [-0.39, 0.29) is 5.41 Å². The highest BCUT2D eigenvalue weighted by Crippen LogP contribution is 2.67. The topological polar surface area (TPSA) is 29.1 Å². The standard InChI is InChI=1S/C27H43NO/c1-18-16-21-17-20(5-4-19-10-14-28-15-11-19)8-12-26(21,2)23-9-13-27(3)22(25(18)23)6-7-24(27)29/h4-5,18-23,25,28H,6-17H2,1-3H3/t18-,20-,21?,22+,23+,25+,26+,27+/m1/s1. The average Bonchev–Trinajstić information content (AvgIpc) is 3.03. The van der Waals surface area contributed by atoms with Gasteiger partial charge in [-0.05, 0) is 118 Å². The normalized spacial score (nSPS) is 50.9. The number of hydrogen-bond donors (Lipinski definition) is 1. The molecule has 0 bridgehead atoms. The van der Waals surface area contributed by atoms with E-state index in [0.717, 1.165) is 41.9 Å². The quantitative estimate of drug-likeness (QED) is 0.578. The van der Waals surface area contributed by atoms with E-state index < -0.39 is 0 Å². The minimum atomic E-state index is 0.0212. The van der Waals surface area contributed by atoms with Gasteiger partial charge in [-0.3, -0.25) is 4.79 Å². The SMILES string of the molecule is C[C@@H]1CC2C[C@H](C=CC3CCNCC3)CC[C@]2(C)[C@H]2CC[C@]3(C)C(=O)CC[C@H]3[C@H]12. The van der Waals surface area contributed by atoms with Crippen molar-refractivity contribution in [1.82, 2.24) is 5.32 Å². The molecule has 5 aliphatic rings. The number of piperidine rings is 1. The van der Waals surface area contributed by atoms with E-state index in [1.807, 2.05) is 0 Å². The molecule has 4 aliphatic carbocycles. The molecule has 1 unspecified atom stereocenters. The Kier molecular flexibility index (Phi) is 5.25. The minimum absolute atomic E-state index is 0.0212. The Bertz CT molecular complexity index is 663. The second-order valence-electron chi connectivity index (χ2n) is 12.1. The van der Waals surface area contributed by atoms with Gasteiger partial charge in [0.1, 0.15) is 5.78 Å². The van der Waals surface area contributed by atoms with Crippen LogP contribution in [0.2, 0.25) is 0 Å². The Morgan fingerprint density at radius 3 is 2.45 bits per heavy atom. The molecule has 0 amide bonds. The number of Topliss-reactive ketones (excluding diaryl/α,β-unsaturated/α-hetero) is 1. The van der Waals surface area contributed by atoms with Gasteiger partial charge in [0.2, 0.25) is 0 Å². The van der Waals surface area contributed by atoms with E-state index in [1.54, 1.807) is 0 Å². The smallest absolute Gasteiger partial charge is 0.139 e. The molecule has 2 heteroatoms. The molecule has 0 radical (unpaired) electrons. The Morgan fingerprint density at radius 1 is 0.897 bits per heavy atom. The van der Waals surface area contributed by atoms with Crippen LogP contribution >= 0.6 is 0 Å². The van der Waals surface area contributed by atoms with Crippen LogP contribution < -0.4 is 5.32 Å². The molecule has 2 nitrogen and oxygen atoms in total. The summed E-state index contributed by atoms with van der Waals surface area (Å²) in [4.78, 5) is 12.7. The van der Waals surface area contributed by atoms with Gasteiger partial charge in [0, 0.05) is 11.8 Å². The van der Waals surface area contributed by atoms with E-state index in [9.17, 15) is 4.79 Å². The molecule has 1 aliphatic heterocycles. The molecule has 29 heavy (non-hydrogen) atoms. The van der Waals surface area contributed by atoms with Gasteiger partial charge < -0.3 is 5.32 Å². The molecule has 8 atom stereocenters. The third-order valence-corrected chi connectivity index (χ3v) is 10.8. The van der Waals surface area contributed by atoms with Crippen LogP contribution in [0.4, 0.5) is 0 Å². The fourth-order valence-corrected chi connectivity index (χ4v) is 8.97. The summed E-state index contributed by atoms with van der Waals surface area (Å²) in [5.41, 5.74) is 0.552.